The first kappa shape index (κ1) is 33.2. The fraction of sp³-hybridized carbons (Fsp3) is 0.364. The third kappa shape index (κ3) is 5.95. The van der Waals surface area contributed by atoms with Gasteiger partial charge in [-0.05, 0) is 70.0 Å². The third-order valence-corrected chi connectivity index (χ3v) is 6.78. The van der Waals surface area contributed by atoms with Gasteiger partial charge in [0.1, 0.15) is 5.75 Å². The normalized spacial score (nSPS) is 12.7. The first-order valence-electron chi connectivity index (χ1n) is 11.8. The van der Waals surface area contributed by atoms with Crippen LogP contribution in [0.1, 0.15) is 77.0 Å². The van der Waals surface area contributed by atoms with Gasteiger partial charge in [-0.25, -0.2) is 0 Å². The van der Waals surface area contributed by atoms with Crippen LogP contribution in [0.15, 0.2) is 60.7 Å². The zero-order chi connectivity index (χ0) is 22.3. The Balaban J connectivity index is 0.00000289. The summed E-state index contributed by atoms with van der Waals surface area (Å²) in [6, 6.07) is 22.0. The molecule has 1 aliphatic rings. The van der Waals surface area contributed by atoms with E-state index in [2.05, 4.69) is 96.1 Å². The molecule has 3 aromatic rings. The van der Waals surface area contributed by atoms with Crippen molar-refractivity contribution in [3.63, 3.8) is 0 Å². The number of phenols is 1. The Labute approximate surface area is 231 Å². The Morgan fingerprint density at radius 1 is 0.657 bits per heavy atom. The van der Waals surface area contributed by atoms with Gasteiger partial charge in [0.2, 0.25) is 0 Å². The largest absolute Gasteiger partial charge is 3.00 e. The number of hydrogen-bond acceptors (Lipinski definition) is 1. The smallest absolute Gasteiger partial charge is 0.507 e. The topological polar surface area (TPSA) is 20.2 Å². The molecule has 0 spiro atoms. The second kappa shape index (κ2) is 12.9. The number of aromatic hydroxyl groups is 1. The zero-order valence-corrected chi connectivity index (χ0v) is 24.9. The molecule has 0 amide bonds. The number of benzene rings is 3. The van der Waals surface area contributed by atoms with Gasteiger partial charge in [0.15, 0.2) is 0 Å². The van der Waals surface area contributed by atoms with E-state index in [4.69, 9.17) is 0 Å². The summed E-state index contributed by atoms with van der Waals surface area (Å²) >= 11 is 0. The van der Waals surface area contributed by atoms with E-state index < -0.39 is 0 Å². The van der Waals surface area contributed by atoms with Crippen LogP contribution in [-0.4, -0.2) is 5.11 Å². The summed E-state index contributed by atoms with van der Waals surface area (Å²) in [4.78, 5) is 0. The molecule has 1 radical (unpaired) electrons. The zero-order valence-electron chi connectivity index (χ0n) is 23.4. The van der Waals surface area contributed by atoms with Crippen LogP contribution in [0.5, 0.6) is 5.75 Å². The summed E-state index contributed by atoms with van der Waals surface area (Å²) in [6.45, 7) is 13.6. The molecule has 0 aromatic heterocycles. The maximum absolute atomic E-state index is 11.1. The maximum Gasteiger partial charge on any atom is 3.00 e. The molecule has 1 N–H and O–H groups in total. The monoisotopic (exact) mass is 505 g/mol. The van der Waals surface area contributed by atoms with Gasteiger partial charge in [0, 0.05) is 11.0 Å². The van der Waals surface area contributed by atoms with Crippen molar-refractivity contribution in [2.45, 2.75) is 65.7 Å². The first-order chi connectivity index (χ1) is 14.7. The van der Waals surface area contributed by atoms with Gasteiger partial charge >= 0.3 is 21.7 Å². The van der Waals surface area contributed by atoms with Crippen molar-refractivity contribution >= 4 is 0 Å². The van der Waals surface area contributed by atoms with Crippen molar-refractivity contribution in [3.8, 4) is 28.0 Å². The van der Waals surface area contributed by atoms with E-state index in [1.54, 1.807) is 0 Å². The fourth-order valence-corrected chi connectivity index (χ4v) is 5.80. The molecule has 0 aliphatic heterocycles. The molecule has 0 unspecified atom stereocenters. The summed E-state index contributed by atoms with van der Waals surface area (Å²) in [5.74, 6) is 1.91. The average molecular weight is 506 g/mol. The van der Waals surface area contributed by atoms with Crippen LogP contribution < -0.4 is 0 Å². The van der Waals surface area contributed by atoms with Crippen LogP contribution >= 0.6 is 0 Å². The molecule has 1 aliphatic carbocycles. The van der Waals surface area contributed by atoms with Gasteiger partial charge in [-0.1, -0.05) is 96.1 Å². The molecular weight excluding hydrogens is 460 g/mol. The first-order valence-corrected chi connectivity index (χ1v) is 11.8. The molecule has 2 heteroatoms. The average Bonchev–Trinajstić information content (AvgIpc) is 2.96. The Morgan fingerprint density at radius 3 is 1.77 bits per heavy atom. The predicted molar refractivity (Wildman–Crippen MR) is 152 cm³/mol. The second-order valence-corrected chi connectivity index (χ2v) is 10.5. The summed E-state index contributed by atoms with van der Waals surface area (Å²) < 4.78 is 0. The summed E-state index contributed by atoms with van der Waals surface area (Å²) in [6.07, 6.45) is 2.27. The molecule has 0 heterocycles. The Kier molecular flexibility index (Phi) is 12.3. The quantitative estimate of drug-likeness (QED) is 0.261. The van der Waals surface area contributed by atoms with Crippen LogP contribution in [0.25, 0.3) is 22.3 Å². The second-order valence-electron chi connectivity index (χ2n) is 10.5. The van der Waals surface area contributed by atoms with Gasteiger partial charge in [-0.3, -0.25) is 0 Å². The Bertz CT molecular complexity index is 1080. The molecule has 187 valence electrons. The standard InChI is InChI=1S/C30H36O.3CH3.Ti/c1-19(2)17-30(18-20(3)4)27-13-8-7-10-25(27)26-15-14-22(16-28(26)30)24-12-9-11-23(21(5)6)29(24)31;;;;/h7-16,19-21,31H,17-18H2,1-6H3;3*1H3;/q;3*-1;+3. The SMILES string of the molecule is CC(C)CC1(CC(C)C)c2ccccc2-c2ccc(-c3cccc(C(C)C)c3O)cc21.[CH3-].[CH3-].[CH3-].[Ti+3]. The fourth-order valence-electron chi connectivity index (χ4n) is 5.80. The number of fused-ring (bicyclic) bond motifs is 3. The van der Waals surface area contributed by atoms with E-state index in [-0.39, 0.29) is 49.4 Å². The predicted octanol–water partition coefficient (Wildman–Crippen LogP) is 9.89. The van der Waals surface area contributed by atoms with E-state index in [0.717, 1.165) is 29.5 Å². The van der Waals surface area contributed by atoms with E-state index in [1.165, 1.54) is 22.3 Å². The van der Waals surface area contributed by atoms with E-state index in [1.807, 2.05) is 6.07 Å². The minimum atomic E-state index is 0. The van der Waals surface area contributed by atoms with E-state index in [0.29, 0.717) is 23.5 Å². The van der Waals surface area contributed by atoms with Gasteiger partial charge in [-0.2, -0.15) is 0 Å². The number of rotatable bonds is 6. The minimum Gasteiger partial charge on any atom is -0.507 e. The Hall–Kier alpha value is -1.83. The molecule has 0 atom stereocenters. The molecule has 35 heavy (non-hydrogen) atoms. The van der Waals surface area contributed by atoms with Crippen LogP contribution in [0.3, 0.4) is 0 Å². The maximum atomic E-state index is 11.1. The molecule has 4 rings (SSSR count). The van der Waals surface area contributed by atoms with Crippen LogP contribution in [-0.2, 0) is 27.1 Å². The van der Waals surface area contributed by atoms with Crippen LogP contribution in [0, 0.1) is 34.1 Å². The van der Waals surface area contributed by atoms with Gasteiger partial charge in [0.05, 0.1) is 0 Å². The molecule has 1 nitrogen and oxygen atoms in total. The van der Waals surface area contributed by atoms with Gasteiger partial charge in [-0.15, -0.1) is 0 Å². The van der Waals surface area contributed by atoms with Crippen molar-refractivity contribution in [1.82, 2.24) is 0 Å². The van der Waals surface area contributed by atoms with Crippen molar-refractivity contribution in [3.05, 3.63) is 99.6 Å². The van der Waals surface area contributed by atoms with Crippen molar-refractivity contribution in [2.24, 2.45) is 11.8 Å². The molecule has 0 bridgehead atoms. The van der Waals surface area contributed by atoms with Crippen molar-refractivity contribution in [2.75, 3.05) is 0 Å². The van der Waals surface area contributed by atoms with E-state index in [9.17, 15) is 5.11 Å². The summed E-state index contributed by atoms with van der Waals surface area (Å²) in [5.41, 5.74) is 8.74. The Morgan fingerprint density at radius 2 is 1.20 bits per heavy atom. The van der Waals surface area contributed by atoms with Crippen molar-refractivity contribution in [1.29, 1.82) is 0 Å². The van der Waals surface area contributed by atoms with Gasteiger partial charge in [0.25, 0.3) is 0 Å². The third-order valence-electron chi connectivity index (χ3n) is 6.78. The summed E-state index contributed by atoms with van der Waals surface area (Å²) in [7, 11) is 0. The number of hydrogen-bond donors (Lipinski definition) is 1. The van der Waals surface area contributed by atoms with E-state index >= 15 is 0 Å². The molecular formula is C33H45OTi. The molecule has 0 saturated heterocycles. The van der Waals surface area contributed by atoms with Crippen LogP contribution in [0.4, 0.5) is 0 Å². The molecule has 3 aromatic carbocycles. The van der Waals surface area contributed by atoms with Crippen molar-refractivity contribution < 1.29 is 26.8 Å². The molecule has 0 saturated carbocycles. The number of para-hydroxylation sites is 1. The minimum absolute atomic E-state index is 0. The molecule has 0 fully saturated rings. The van der Waals surface area contributed by atoms with Gasteiger partial charge < -0.3 is 27.4 Å². The number of phenolic OH excluding ortho intramolecular Hbond substituents is 1. The van der Waals surface area contributed by atoms with Crippen LogP contribution in [0.2, 0.25) is 0 Å². The summed E-state index contributed by atoms with van der Waals surface area (Å²) in [5, 5.41) is 11.1.